The Morgan fingerprint density at radius 1 is 0.723 bits per heavy atom. The first-order chi connectivity index (χ1) is 22.5. The van der Waals surface area contributed by atoms with Crippen molar-refractivity contribution in [2.45, 2.75) is 50.4 Å². The number of halogens is 3. The number of ether oxygens (including phenoxy) is 2. The van der Waals surface area contributed by atoms with Crippen molar-refractivity contribution in [2.75, 3.05) is 10.6 Å². The topological polar surface area (TPSA) is 126 Å². The van der Waals surface area contributed by atoms with Gasteiger partial charge in [0.15, 0.2) is 0 Å². The molecule has 0 atom stereocenters. The van der Waals surface area contributed by atoms with E-state index in [9.17, 15) is 32.7 Å². The first kappa shape index (κ1) is 32.9. The Morgan fingerprint density at radius 2 is 1.30 bits per heavy atom. The van der Waals surface area contributed by atoms with Crippen LogP contribution in [-0.2, 0) is 17.4 Å². The molecule has 47 heavy (non-hydrogen) atoms. The Morgan fingerprint density at radius 3 is 1.94 bits per heavy atom. The molecule has 244 valence electrons. The van der Waals surface area contributed by atoms with E-state index in [0.29, 0.717) is 42.9 Å². The molecule has 0 bridgehead atoms. The number of anilines is 2. The number of hydrogen-bond acceptors (Lipinski definition) is 5. The molecule has 12 heteroatoms. The smallest absolute Gasteiger partial charge is 0.418 e. The summed E-state index contributed by atoms with van der Waals surface area (Å²) in [5, 5.41) is 17.0. The van der Waals surface area contributed by atoms with Crippen molar-refractivity contribution in [1.29, 1.82) is 0 Å². The minimum Gasteiger partial charge on any atom is -0.490 e. The highest BCUT2D eigenvalue weighted by molar-refractivity contribution is 6.01. The fraction of sp³-hybridized carbons (Fsp3) is 0.229. The summed E-state index contributed by atoms with van der Waals surface area (Å²) in [6, 6.07) is 24.3. The summed E-state index contributed by atoms with van der Waals surface area (Å²) >= 11 is 0. The molecule has 4 aromatic rings. The van der Waals surface area contributed by atoms with Crippen molar-refractivity contribution in [3.8, 4) is 17.2 Å². The van der Waals surface area contributed by atoms with Gasteiger partial charge in [0.2, 0.25) is 5.91 Å². The molecule has 5 rings (SSSR count). The predicted octanol–water partition coefficient (Wildman–Crippen LogP) is 7.89. The van der Waals surface area contributed by atoms with Crippen LogP contribution < -0.4 is 25.4 Å². The minimum atomic E-state index is -4.57. The third kappa shape index (κ3) is 9.25. The van der Waals surface area contributed by atoms with Crippen molar-refractivity contribution in [3.63, 3.8) is 0 Å². The molecule has 0 aliphatic heterocycles. The number of alkyl halides is 3. The number of carboxylic acid groups (broad SMARTS) is 1. The SMILES string of the molecule is O=C(Cc1ccc(Oc2ccc(OC3CCC(NC(=O)Nc4ccccc4C(F)(F)F)CC3)cc2)cc1)Nc1ccccc1C(=O)O. The second-order valence-electron chi connectivity index (χ2n) is 11.0. The zero-order valence-electron chi connectivity index (χ0n) is 25.1. The number of hydrogen-bond donors (Lipinski definition) is 4. The van der Waals surface area contributed by atoms with Crippen molar-refractivity contribution in [1.82, 2.24) is 5.32 Å². The fourth-order valence-electron chi connectivity index (χ4n) is 5.26. The van der Waals surface area contributed by atoms with Crippen LogP contribution in [0.1, 0.15) is 47.2 Å². The number of carboxylic acids is 1. The van der Waals surface area contributed by atoms with Crippen molar-refractivity contribution in [3.05, 3.63) is 114 Å². The van der Waals surface area contributed by atoms with Crippen molar-refractivity contribution < 1.29 is 42.1 Å². The van der Waals surface area contributed by atoms with Crippen LogP contribution in [-0.4, -0.2) is 35.2 Å². The van der Waals surface area contributed by atoms with Crippen LogP contribution in [0, 0.1) is 0 Å². The number of carbonyl (C=O) groups excluding carboxylic acids is 2. The van der Waals surface area contributed by atoms with Gasteiger partial charge in [0.25, 0.3) is 0 Å². The van der Waals surface area contributed by atoms with Crippen LogP contribution in [0.15, 0.2) is 97.1 Å². The maximum absolute atomic E-state index is 13.2. The molecule has 0 unspecified atom stereocenters. The molecule has 4 aromatic carbocycles. The van der Waals surface area contributed by atoms with Gasteiger partial charge in [-0.2, -0.15) is 13.2 Å². The maximum Gasteiger partial charge on any atom is 0.418 e. The van der Waals surface area contributed by atoms with E-state index in [1.807, 2.05) is 0 Å². The standard InChI is InChI=1S/C35H32F3N3O6/c36-35(37,38)29-6-2-4-8-31(29)41-34(45)39-23-11-15-25(16-12-23)47-27-19-17-26(18-20-27)46-24-13-9-22(10-14-24)21-32(42)40-30-7-3-1-5-28(30)33(43)44/h1-10,13-14,17-20,23,25H,11-12,15-16,21H2,(H,40,42)(H,43,44)(H2,39,41,45). The molecule has 0 radical (unpaired) electrons. The van der Waals surface area contributed by atoms with E-state index < -0.39 is 23.7 Å². The number of carbonyl (C=O) groups is 3. The zero-order chi connectivity index (χ0) is 33.4. The molecule has 1 fully saturated rings. The average molecular weight is 648 g/mol. The number of urea groups is 1. The van der Waals surface area contributed by atoms with Gasteiger partial charge in [-0.25, -0.2) is 9.59 Å². The molecule has 3 amide bonds. The number of amides is 3. The van der Waals surface area contributed by atoms with Crippen LogP contribution in [0.2, 0.25) is 0 Å². The van der Waals surface area contributed by atoms with E-state index >= 15 is 0 Å². The van der Waals surface area contributed by atoms with E-state index in [1.54, 1.807) is 60.7 Å². The second kappa shape index (κ2) is 14.7. The molecule has 0 spiro atoms. The van der Waals surface area contributed by atoms with E-state index in [2.05, 4.69) is 16.0 Å². The van der Waals surface area contributed by atoms with Gasteiger partial charge >= 0.3 is 18.2 Å². The predicted molar refractivity (Wildman–Crippen MR) is 169 cm³/mol. The fourth-order valence-corrected chi connectivity index (χ4v) is 5.26. The Balaban J connectivity index is 1.04. The molecular weight excluding hydrogens is 615 g/mol. The van der Waals surface area contributed by atoms with Gasteiger partial charge in [0.05, 0.1) is 35.0 Å². The van der Waals surface area contributed by atoms with Gasteiger partial charge in [0.1, 0.15) is 17.2 Å². The summed E-state index contributed by atoms with van der Waals surface area (Å²) in [4.78, 5) is 36.2. The lowest BCUT2D eigenvalue weighted by Crippen LogP contribution is -2.42. The normalized spacial score (nSPS) is 16.1. The van der Waals surface area contributed by atoms with Crippen LogP contribution in [0.25, 0.3) is 0 Å². The molecule has 9 nitrogen and oxygen atoms in total. The van der Waals surface area contributed by atoms with Crippen LogP contribution in [0.3, 0.4) is 0 Å². The second-order valence-corrected chi connectivity index (χ2v) is 11.0. The number of benzene rings is 4. The lowest BCUT2D eigenvalue weighted by Gasteiger charge is -2.29. The van der Waals surface area contributed by atoms with E-state index in [0.717, 1.165) is 11.6 Å². The largest absolute Gasteiger partial charge is 0.490 e. The molecule has 0 heterocycles. The van der Waals surface area contributed by atoms with Gasteiger partial charge in [-0.1, -0.05) is 36.4 Å². The summed E-state index contributed by atoms with van der Waals surface area (Å²) in [5.41, 5.74) is -0.214. The molecule has 0 saturated heterocycles. The highest BCUT2D eigenvalue weighted by atomic mass is 19.4. The van der Waals surface area contributed by atoms with E-state index in [4.69, 9.17) is 9.47 Å². The van der Waals surface area contributed by atoms with Gasteiger partial charge in [-0.3, -0.25) is 4.79 Å². The zero-order valence-corrected chi connectivity index (χ0v) is 25.1. The van der Waals surface area contributed by atoms with E-state index in [1.165, 1.54) is 30.3 Å². The maximum atomic E-state index is 13.2. The van der Waals surface area contributed by atoms with Crippen LogP contribution >= 0.6 is 0 Å². The molecule has 0 aromatic heterocycles. The quantitative estimate of drug-likeness (QED) is 0.139. The monoisotopic (exact) mass is 647 g/mol. The summed E-state index contributed by atoms with van der Waals surface area (Å²) in [6.07, 6.45) is -2.02. The summed E-state index contributed by atoms with van der Waals surface area (Å²) in [7, 11) is 0. The third-order valence-electron chi connectivity index (χ3n) is 7.57. The number of rotatable bonds is 10. The Labute approximate surface area is 268 Å². The molecular formula is C35H32F3N3O6. The van der Waals surface area contributed by atoms with Crippen molar-refractivity contribution >= 4 is 29.3 Å². The van der Waals surface area contributed by atoms with Gasteiger partial charge in [-0.15, -0.1) is 0 Å². The van der Waals surface area contributed by atoms with Gasteiger partial charge < -0.3 is 30.5 Å². The first-order valence-corrected chi connectivity index (χ1v) is 14.9. The lowest BCUT2D eigenvalue weighted by molar-refractivity contribution is -0.136. The van der Waals surface area contributed by atoms with Crippen molar-refractivity contribution in [2.24, 2.45) is 0 Å². The Hall–Kier alpha value is -5.52. The van der Waals surface area contributed by atoms with Crippen LogP contribution in [0.4, 0.5) is 29.3 Å². The Kier molecular flexibility index (Phi) is 10.3. The number of para-hydroxylation sites is 2. The highest BCUT2D eigenvalue weighted by Gasteiger charge is 2.34. The minimum absolute atomic E-state index is 0.0160. The average Bonchev–Trinajstić information content (AvgIpc) is 3.04. The highest BCUT2D eigenvalue weighted by Crippen LogP contribution is 2.34. The van der Waals surface area contributed by atoms with E-state index in [-0.39, 0.29) is 41.4 Å². The number of nitrogens with one attached hydrogen (secondary N) is 3. The number of aromatic carboxylic acids is 1. The summed E-state index contributed by atoms with van der Waals surface area (Å²) < 4.78 is 51.6. The molecule has 1 saturated carbocycles. The molecule has 4 N–H and O–H groups in total. The third-order valence-corrected chi connectivity index (χ3v) is 7.57. The first-order valence-electron chi connectivity index (χ1n) is 14.9. The van der Waals surface area contributed by atoms with Gasteiger partial charge in [-0.05, 0) is 91.9 Å². The molecule has 1 aliphatic rings. The Bertz CT molecular complexity index is 1700. The molecule has 1 aliphatic carbocycles. The van der Waals surface area contributed by atoms with Crippen LogP contribution in [0.5, 0.6) is 17.2 Å². The lowest BCUT2D eigenvalue weighted by atomic mass is 9.93. The summed E-state index contributed by atoms with van der Waals surface area (Å²) in [6.45, 7) is 0. The van der Waals surface area contributed by atoms with Gasteiger partial charge in [0, 0.05) is 6.04 Å². The summed E-state index contributed by atoms with van der Waals surface area (Å²) in [5.74, 6) is 0.336.